The molecule has 4 rings (SSSR count). The van der Waals surface area contributed by atoms with E-state index in [9.17, 15) is 4.79 Å². The molecule has 136 valence electrons. The van der Waals surface area contributed by atoms with Crippen molar-refractivity contribution in [2.75, 3.05) is 39.6 Å². The molecule has 1 aromatic rings. The van der Waals surface area contributed by atoms with Crippen LogP contribution in [0.25, 0.3) is 0 Å². The molecule has 0 unspecified atom stereocenters. The molecule has 0 saturated carbocycles. The Morgan fingerprint density at radius 3 is 2.84 bits per heavy atom. The van der Waals surface area contributed by atoms with Crippen molar-refractivity contribution >= 4 is 5.91 Å². The van der Waals surface area contributed by atoms with Crippen LogP contribution in [0.4, 0.5) is 0 Å². The zero-order valence-corrected chi connectivity index (χ0v) is 14.6. The predicted molar refractivity (Wildman–Crippen MR) is 89.2 cm³/mol. The van der Waals surface area contributed by atoms with Gasteiger partial charge < -0.3 is 19.1 Å². The maximum absolute atomic E-state index is 12.8. The van der Waals surface area contributed by atoms with E-state index in [-0.39, 0.29) is 24.0 Å². The molecule has 0 radical (unpaired) electrons. The zero-order chi connectivity index (χ0) is 17.2. The van der Waals surface area contributed by atoms with Crippen LogP contribution in [0.1, 0.15) is 29.0 Å². The molecular formula is C18H25N3O4. The Labute approximate surface area is 147 Å². The van der Waals surface area contributed by atoms with Crippen LogP contribution in [0.3, 0.4) is 0 Å². The summed E-state index contributed by atoms with van der Waals surface area (Å²) < 4.78 is 17.3. The molecule has 1 aromatic heterocycles. The first-order chi connectivity index (χ1) is 12.2. The van der Waals surface area contributed by atoms with Gasteiger partial charge >= 0.3 is 0 Å². The quantitative estimate of drug-likeness (QED) is 0.811. The van der Waals surface area contributed by atoms with Crippen LogP contribution in [-0.4, -0.2) is 72.5 Å². The third-order valence-electron chi connectivity index (χ3n) is 5.50. The number of likely N-dealkylation sites (tertiary alicyclic amines) is 1. The highest BCUT2D eigenvalue weighted by Crippen LogP contribution is 2.33. The molecule has 3 saturated heterocycles. The van der Waals surface area contributed by atoms with Gasteiger partial charge in [0, 0.05) is 31.9 Å². The Hall–Kier alpha value is -1.57. The smallest absolute Gasteiger partial charge is 0.274 e. The third kappa shape index (κ3) is 3.54. The van der Waals surface area contributed by atoms with E-state index >= 15 is 0 Å². The van der Waals surface area contributed by atoms with Crippen LogP contribution in [-0.2, 0) is 14.2 Å². The Kier molecular flexibility index (Phi) is 4.96. The van der Waals surface area contributed by atoms with E-state index in [0.29, 0.717) is 31.4 Å². The molecular weight excluding hydrogens is 322 g/mol. The SMILES string of the molecule is Cc1cnc(C(=O)N2C[C@@H](OCC3CCOCC3)[C@@H]3COC[C@@H]32)cn1. The normalized spacial score (nSPS) is 29.8. The number of aromatic nitrogens is 2. The summed E-state index contributed by atoms with van der Waals surface area (Å²) in [6, 6.07) is 0.0790. The summed E-state index contributed by atoms with van der Waals surface area (Å²) in [5, 5.41) is 0. The molecule has 0 aromatic carbocycles. The number of rotatable bonds is 4. The Morgan fingerprint density at radius 1 is 1.24 bits per heavy atom. The first-order valence-corrected chi connectivity index (χ1v) is 9.09. The minimum Gasteiger partial charge on any atom is -0.381 e. The molecule has 3 atom stereocenters. The van der Waals surface area contributed by atoms with Crippen LogP contribution in [0, 0.1) is 18.8 Å². The Balaban J connectivity index is 1.41. The fourth-order valence-electron chi connectivity index (χ4n) is 3.93. The average Bonchev–Trinajstić information content (AvgIpc) is 3.24. The molecule has 3 fully saturated rings. The van der Waals surface area contributed by atoms with E-state index in [4.69, 9.17) is 14.2 Å². The summed E-state index contributed by atoms with van der Waals surface area (Å²) in [4.78, 5) is 23.1. The third-order valence-corrected chi connectivity index (χ3v) is 5.50. The maximum atomic E-state index is 12.8. The maximum Gasteiger partial charge on any atom is 0.274 e. The highest BCUT2D eigenvalue weighted by molar-refractivity contribution is 5.92. The van der Waals surface area contributed by atoms with Crippen molar-refractivity contribution in [3.8, 4) is 0 Å². The van der Waals surface area contributed by atoms with Crippen molar-refractivity contribution in [3.63, 3.8) is 0 Å². The molecule has 25 heavy (non-hydrogen) atoms. The van der Waals surface area contributed by atoms with Crippen LogP contribution in [0.5, 0.6) is 0 Å². The topological polar surface area (TPSA) is 73.8 Å². The Morgan fingerprint density at radius 2 is 2.08 bits per heavy atom. The summed E-state index contributed by atoms with van der Waals surface area (Å²) in [5.41, 5.74) is 1.19. The highest BCUT2D eigenvalue weighted by atomic mass is 16.5. The molecule has 7 heteroatoms. The van der Waals surface area contributed by atoms with Crippen molar-refractivity contribution in [2.45, 2.75) is 31.9 Å². The monoisotopic (exact) mass is 347 g/mol. The van der Waals surface area contributed by atoms with Crippen molar-refractivity contribution in [1.82, 2.24) is 14.9 Å². The zero-order valence-electron chi connectivity index (χ0n) is 14.6. The standard InChI is InChI=1S/C18H25N3O4/c1-12-6-20-15(7-19-12)18(22)21-8-17(14-10-24-11-16(14)21)25-9-13-2-4-23-5-3-13/h6-7,13-14,16-17H,2-5,8-11H2,1H3/t14-,16+,17-/m1/s1. The van der Waals surface area contributed by atoms with Gasteiger partial charge in [0.25, 0.3) is 5.91 Å². The molecule has 0 bridgehead atoms. The minimum atomic E-state index is -0.0785. The van der Waals surface area contributed by atoms with Gasteiger partial charge in [-0.2, -0.15) is 0 Å². The number of carbonyl (C=O) groups excluding carboxylic acids is 1. The number of aryl methyl sites for hydroxylation is 1. The summed E-state index contributed by atoms with van der Waals surface area (Å²) in [5.74, 6) is 0.731. The van der Waals surface area contributed by atoms with Gasteiger partial charge in [0.2, 0.25) is 0 Å². The summed E-state index contributed by atoms with van der Waals surface area (Å²) in [7, 11) is 0. The van der Waals surface area contributed by atoms with E-state index in [0.717, 1.165) is 38.4 Å². The molecule has 3 aliphatic heterocycles. The van der Waals surface area contributed by atoms with E-state index < -0.39 is 0 Å². The van der Waals surface area contributed by atoms with Crippen molar-refractivity contribution < 1.29 is 19.0 Å². The lowest BCUT2D eigenvalue weighted by Gasteiger charge is -2.25. The van der Waals surface area contributed by atoms with Gasteiger partial charge in [-0.3, -0.25) is 9.78 Å². The fraction of sp³-hybridized carbons (Fsp3) is 0.722. The van der Waals surface area contributed by atoms with Gasteiger partial charge in [-0.1, -0.05) is 0 Å². The van der Waals surface area contributed by atoms with Crippen LogP contribution >= 0.6 is 0 Å². The summed E-state index contributed by atoms with van der Waals surface area (Å²) in [6.45, 7) is 6.09. The summed E-state index contributed by atoms with van der Waals surface area (Å²) in [6.07, 6.45) is 5.33. The van der Waals surface area contributed by atoms with Gasteiger partial charge in [0.15, 0.2) is 0 Å². The number of carbonyl (C=O) groups is 1. The Bertz CT molecular complexity index is 603. The first-order valence-electron chi connectivity index (χ1n) is 9.09. The number of hydrogen-bond acceptors (Lipinski definition) is 6. The van der Waals surface area contributed by atoms with Crippen molar-refractivity contribution in [2.24, 2.45) is 11.8 Å². The predicted octanol–water partition coefficient (Wildman–Crippen LogP) is 1.07. The molecule has 0 aliphatic carbocycles. The average molecular weight is 347 g/mol. The molecule has 1 amide bonds. The van der Waals surface area contributed by atoms with Gasteiger partial charge in [-0.05, 0) is 25.7 Å². The second-order valence-corrected chi connectivity index (χ2v) is 7.20. The van der Waals surface area contributed by atoms with Crippen molar-refractivity contribution in [1.29, 1.82) is 0 Å². The first kappa shape index (κ1) is 16.9. The van der Waals surface area contributed by atoms with E-state index in [2.05, 4.69) is 9.97 Å². The lowest BCUT2D eigenvalue weighted by atomic mass is 10.00. The number of ether oxygens (including phenoxy) is 3. The largest absolute Gasteiger partial charge is 0.381 e. The van der Waals surface area contributed by atoms with Crippen LogP contribution in [0.15, 0.2) is 12.4 Å². The lowest BCUT2D eigenvalue weighted by Crippen LogP contribution is -2.38. The van der Waals surface area contributed by atoms with Gasteiger partial charge in [-0.25, -0.2) is 4.98 Å². The number of hydrogen-bond donors (Lipinski definition) is 0. The van der Waals surface area contributed by atoms with E-state index in [1.165, 1.54) is 0 Å². The van der Waals surface area contributed by atoms with Gasteiger partial charge in [0.1, 0.15) is 5.69 Å². The molecule has 0 spiro atoms. The highest BCUT2D eigenvalue weighted by Gasteiger charge is 2.48. The molecule has 4 heterocycles. The minimum absolute atomic E-state index is 0.0395. The van der Waals surface area contributed by atoms with Crippen molar-refractivity contribution in [3.05, 3.63) is 23.8 Å². The fourth-order valence-corrected chi connectivity index (χ4v) is 3.93. The van der Waals surface area contributed by atoms with E-state index in [1.54, 1.807) is 12.4 Å². The van der Waals surface area contributed by atoms with Crippen LogP contribution < -0.4 is 0 Å². The lowest BCUT2D eigenvalue weighted by molar-refractivity contribution is -0.0252. The van der Waals surface area contributed by atoms with Gasteiger partial charge in [-0.15, -0.1) is 0 Å². The van der Waals surface area contributed by atoms with Crippen LogP contribution in [0.2, 0.25) is 0 Å². The number of nitrogens with zero attached hydrogens (tertiary/aromatic N) is 3. The van der Waals surface area contributed by atoms with E-state index in [1.807, 2.05) is 11.8 Å². The second kappa shape index (κ2) is 7.35. The summed E-state index contributed by atoms with van der Waals surface area (Å²) >= 11 is 0. The number of fused-ring (bicyclic) bond motifs is 1. The molecule has 0 N–H and O–H groups in total. The number of amides is 1. The molecule has 3 aliphatic rings. The molecule has 7 nitrogen and oxygen atoms in total. The van der Waals surface area contributed by atoms with Gasteiger partial charge in [0.05, 0.1) is 43.9 Å². The second-order valence-electron chi connectivity index (χ2n) is 7.20.